The molecule has 1 aromatic heterocycles. The van der Waals surface area contributed by atoms with E-state index in [1.54, 1.807) is 6.33 Å². The fourth-order valence-corrected chi connectivity index (χ4v) is 3.41. The molecule has 0 radical (unpaired) electrons. The van der Waals surface area contributed by atoms with Gasteiger partial charge in [0.25, 0.3) is 15.9 Å². The molecule has 0 saturated heterocycles. The normalized spacial score (nSPS) is 11.2. The van der Waals surface area contributed by atoms with Gasteiger partial charge in [0.05, 0.1) is 23.5 Å². The molecule has 9 heteroatoms. The van der Waals surface area contributed by atoms with Crippen LogP contribution in [0.1, 0.15) is 21.7 Å². The number of hydrogen-bond donors (Lipinski definition) is 3. The molecule has 0 bridgehead atoms. The molecular formula is C18H17FN4O3S. The minimum Gasteiger partial charge on any atom is -0.348 e. The number of aromatic nitrogens is 2. The van der Waals surface area contributed by atoms with Crippen LogP contribution in [0, 0.1) is 12.7 Å². The zero-order valence-corrected chi connectivity index (χ0v) is 15.2. The lowest BCUT2D eigenvalue weighted by molar-refractivity contribution is 0.0950. The fraction of sp³-hybridized carbons (Fsp3) is 0.111. The van der Waals surface area contributed by atoms with Crippen LogP contribution in [0.3, 0.4) is 0 Å². The van der Waals surface area contributed by atoms with E-state index >= 15 is 0 Å². The highest BCUT2D eigenvalue weighted by molar-refractivity contribution is 7.92. The summed E-state index contributed by atoms with van der Waals surface area (Å²) >= 11 is 0. The number of halogens is 1. The topological polar surface area (TPSA) is 104 Å². The summed E-state index contributed by atoms with van der Waals surface area (Å²) in [6, 6.07) is 10.5. The van der Waals surface area contributed by atoms with Crippen molar-refractivity contribution in [3.63, 3.8) is 0 Å². The Kier molecular flexibility index (Phi) is 5.22. The second kappa shape index (κ2) is 7.58. The molecule has 3 N–H and O–H groups in total. The molecular weight excluding hydrogens is 371 g/mol. The van der Waals surface area contributed by atoms with Gasteiger partial charge < -0.3 is 10.3 Å². The number of carbonyl (C=O) groups is 1. The van der Waals surface area contributed by atoms with Crippen LogP contribution in [0.5, 0.6) is 0 Å². The molecule has 0 fully saturated rings. The zero-order chi connectivity index (χ0) is 19.4. The van der Waals surface area contributed by atoms with Gasteiger partial charge in [0.1, 0.15) is 5.82 Å². The molecule has 3 rings (SSSR count). The van der Waals surface area contributed by atoms with Gasteiger partial charge in [-0.2, -0.15) is 0 Å². The highest BCUT2D eigenvalue weighted by atomic mass is 32.2. The molecule has 140 valence electrons. The Morgan fingerprint density at radius 1 is 1.11 bits per heavy atom. The molecule has 0 atom stereocenters. The van der Waals surface area contributed by atoms with Crippen molar-refractivity contribution in [2.75, 3.05) is 4.72 Å². The highest BCUT2D eigenvalue weighted by Gasteiger charge is 2.15. The molecule has 0 spiro atoms. The monoisotopic (exact) mass is 388 g/mol. The van der Waals surface area contributed by atoms with Crippen molar-refractivity contribution in [1.82, 2.24) is 15.3 Å². The molecule has 2 aromatic carbocycles. The van der Waals surface area contributed by atoms with E-state index in [2.05, 4.69) is 20.0 Å². The maximum absolute atomic E-state index is 12.9. The smallest absolute Gasteiger partial charge is 0.261 e. The Morgan fingerprint density at radius 2 is 1.78 bits per heavy atom. The number of nitrogens with one attached hydrogen (secondary N) is 3. The number of H-pyrrole nitrogens is 1. The van der Waals surface area contributed by atoms with Gasteiger partial charge in [-0.25, -0.2) is 17.8 Å². The zero-order valence-electron chi connectivity index (χ0n) is 14.4. The van der Waals surface area contributed by atoms with E-state index < -0.39 is 15.8 Å². The highest BCUT2D eigenvalue weighted by Crippen LogP contribution is 2.17. The molecule has 0 aliphatic heterocycles. The number of hydrogen-bond acceptors (Lipinski definition) is 4. The molecule has 1 heterocycles. The molecule has 1 amide bonds. The van der Waals surface area contributed by atoms with E-state index in [0.29, 0.717) is 5.56 Å². The summed E-state index contributed by atoms with van der Waals surface area (Å²) in [5.41, 5.74) is 2.16. The molecule has 0 aliphatic rings. The van der Waals surface area contributed by atoms with Crippen molar-refractivity contribution in [2.24, 2.45) is 0 Å². The summed E-state index contributed by atoms with van der Waals surface area (Å²) in [5.74, 6) is -0.800. The fourth-order valence-electron chi connectivity index (χ4n) is 2.35. The van der Waals surface area contributed by atoms with Gasteiger partial charge in [-0.1, -0.05) is 0 Å². The first-order chi connectivity index (χ1) is 12.8. The average molecular weight is 388 g/mol. The van der Waals surface area contributed by atoms with E-state index in [1.807, 2.05) is 6.92 Å². The lowest BCUT2D eigenvalue weighted by Gasteiger charge is -2.09. The number of anilines is 1. The van der Waals surface area contributed by atoms with Crippen LogP contribution < -0.4 is 10.0 Å². The van der Waals surface area contributed by atoms with Crippen LogP contribution >= 0.6 is 0 Å². The molecule has 3 aromatic rings. The van der Waals surface area contributed by atoms with Crippen molar-refractivity contribution in [3.8, 4) is 0 Å². The lowest BCUT2D eigenvalue weighted by Crippen LogP contribution is -2.23. The van der Waals surface area contributed by atoms with Gasteiger partial charge in [-0.05, 0) is 55.5 Å². The predicted octanol–water partition coefficient (Wildman–Crippen LogP) is 2.59. The Balaban J connectivity index is 1.67. The van der Waals surface area contributed by atoms with Crippen molar-refractivity contribution < 1.29 is 17.6 Å². The number of carbonyl (C=O) groups excluding carboxylic acids is 1. The van der Waals surface area contributed by atoms with Crippen molar-refractivity contribution in [2.45, 2.75) is 18.4 Å². The van der Waals surface area contributed by atoms with E-state index in [1.165, 1.54) is 36.4 Å². The molecule has 0 aliphatic carbocycles. The minimum absolute atomic E-state index is 0.00785. The Bertz CT molecular complexity index is 1040. The van der Waals surface area contributed by atoms with Crippen molar-refractivity contribution in [3.05, 3.63) is 77.6 Å². The summed E-state index contributed by atoms with van der Waals surface area (Å²) in [5, 5.41) is 2.72. The van der Waals surface area contributed by atoms with Crippen LogP contribution in [0.15, 0.2) is 59.8 Å². The average Bonchev–Trinajstić information content (AvgIpc) is 3.06. The number of benzene rings is 2. The third kappa shape index (κ3) is 4.50. The maximum atomic E-state index is 12.9. The van der Waals surface area contributed by atoms with Gasteiger partial charge in [-0.15, -0.1) is 0 Å². The van der Waals surface area contributed by atoms with E-state index in [9.17, 15) is 17.6 Å². The summed E-state index contributed by atoms with van der Waals surface area (Å²) in [6.07, 6.45) is 1.55. The van der Waals surface area contributed by atoms with Crippen LogP contribution in [0.2, 0.25) is 0 Å². The summed E-state index contributed by atoms with van der Waals surface area (Å²) in [6.45, 7) is 2.11. The number of sulfonamides is 1. The van der Waals surface area contributed by atoms with Gasteiger partial charge in [0.2, 0.25) is 0 Å². The number of rotatable bonds is 6. The second-order valence-corrected chi connectivity index (χ2v) is 7.48. The lowest BCUT2D eigenvalue weighted by atomic mass is 10.2. The van der Waals surface area contributed by atoms with Gasteiger partial charge in [0.15, 0.2) is 0 Å². The quantitative estimate of drug-likeness (QED) is 0.604. The third-order valence-corrected chi connectivity index (χ3v) is 5.27. The maximum Gasteiger partial charge on any atom is 0.261 e. The predicted molar refractivity (Wildman–Crippen MR) is 98.1 cm³/mol. The van der Waals surface area contributed by atoms with Crippen molar-refractivity contribution in [1.29, 1.82) is 0 Å². The summed E-state index contributed by atoms with van der Waals surface area (Å²) in [4.78, 5) is 19.2. The first-order valence-electron chi connectivity index (χ1n) is 8.01. The first kappa shape index (κ1) is 18.6. The SMILES string of the molecule is Cc1[nH]cnc1CNC(=O)c1ccc(S(=O)(=O)Nc2ccc(F)cc2)cc1. The number of aromatic amines is 1. The number of aryl methyl sites for hydroxylation is 1. The Morgan fingerprint density at radius 3 is 2.37 bits per heavy atom. The molecule has 27 heavy (non-hydrogen) atoms. The van der Waals surface area contributed by atoms with Crippen molar-refractivity contribution >= 4 is 21.6 Å². The van der Waals surface area contributed by atoms with Gasteiger partial charge in [0, 0.05) is 16.9 Å². The summed E-state index contributed by atoms with van der Waals surface area (Å²) in [7, 11) is -3.84. The Labute approximate surface area is 155 Å². The van der Waals surface area contributed by atoms with Gasteiger partial charge in [-0.3, -0.25) is 9.52 Å². The van der Waals surface area contributed by atoms with E-state index in [-0.39, 0.29) is 23.0 Å². The number of imidazole rings is 1. The third-order valence-electron chi connectivity index (χ3n) is 3.87. The van der Waals surface area contributed by atoms with Crippen LogP contribution in [-0.4, -0.2) is 24.3 Å². The molecule has 0 saturated carbocycles. The first-order valence-corrected chi connectivity index (χ1v) is 9.49. The minimum atomic E-state index is -3.84. The standard InChI is InChI=1S/C18H17FN4O3S/c1-12-17(22-11-21-12)10-20-18(24)13-2-8-16(9-3-13)27(25,26)23-15-6-4-14(19)5-7-15/h2-9,11,23H,10H2,1H3,(H,20,24)(H,21,22). The van der Waals surface area contributed by atoms with Gasteiger partial charge >= 0.3 is 0 Å². The van der Waals surface area contributed by atoms with Crippen LogP contribution in [0.4, 0.5) is 10.1 Å². The number of nitrogens with zero attached hydrogens (tertiary/aromatic N) is 1. The van der Waals surface area contributed by atoms with E-state index in [0.717, 1.165) is 23.5 Å². The van der Waals surface area contributed by atoms with E-state index in [4.69, 9.17) is 0 Å². The molecule has 0 unspecified atom stereocenters. The van der Waals surface area contributed by atoms with Crippen LogP contribution in [0.25, 0.3) is 0 Å². The largest absolute Gasteiger partial charge is 0.348 e. The molecule has 7 nitrogen and oxygen atoms in total. The summed E-state index contributed by atoms with van der Waals surface area (Å²) < 4.78 is 40.0. The van der Waals surface area contributed by atoms with Crippen LogP contribution in [-0.2, 0) is 16.6 Å². The Hall–Kier alpha value is -3.20. The number of amides is 1. The second-order valence-electron chi connectivity index (χ2n) is 5.79.